The van der Waals surface area contributed by atoms with Gasteiger partial charge >= 0.3 is 6.03 Å². The van der Waals surface area contributed by atoms with Crippen molar-refractivity contribution in [2.24, 2.45) is 0 Å². The van der Waals surface area contributed by atoms with Gasteiger partial charge in [-0.15, -0.1) is 0 Å². The molecule has 2 rings (SSSR count). The van der Waals surface area contributed by atoms with Crippen LogP contribution in [-0.2, 0) is 6.54 Å². The molecule has 20 heavy (non-hydrogen) atoms. The van der Waals surface area contributed by atoms with Gasteiger partial charge in [0.15, 0.2) is 11.5 Å². The summed E-state index contributed by atoms with van der Waals surface area (Å²) in [4.78, 5) is 11.7. The van der Waals surface area contributed by atoms with Crippen LogP contribution in [-0.4, -0.2) is 25.3 Å². The standard InChI is InChI=1S/C14H19BrN2O3/c1-3-9(2)17-14(18)16-8-10-6-11(15)13-12(7-10)19-4-5-20-13/h6-7,9H,3-5,8H2,1-2H3,(H2,16,17,18)/t9-/m1/s1. The lowest BCUT2D eigenvalue weighted by Crippen LogP contribution is -2.40. The third-order valence-electron chi connectivity index (χ3n) is 3.10. The van der Waals surface area contributed by atoms with Crippen LogP contribution in [0.25, 0.3) is 0 Å². The number of urea groups is 1. The monoisotopic (exact) mass is 342 g/mol. The number of hydrogen-bond acceptors (Lipinski definition) is 3. The Morgan fingerprint density at radius 3 is 2.90 bits per heavy atom. The molecule has 0 fully saturated rings. The van der Waals surface area contributed by atoms with Gasteiger partial charge in [0, 0.05) is 12.6 Å². The fraction of sp³-hybridized carbons (Fsp3) is 0.500. The van der Waals surface area contributed by atoms with E-state index in [0.29, 0.717) is 25.5 Å². The van der Waals surface area contributed by atoms with E-state index in [1.807, 2.05) is 26.0 Å². The number of halogens is 1. The lowest BCUT2D eigenvalue weighted by molar-refractivity contribution is 0.170. The number of amides is 2. The smallest absolute Gasteiger partial charge is 0.315 e. The van der Waals surface area contributed by atoms with E-state index in [1.54, 1.807) is 0 Å². The minimum atomic E-state index is -0.162. The SMILES string of the molecule is CC[C@@H](C)NC(=O)NCc1cc(Br)c2c(c1)OCCO2. The van der Waals surface area contributed by atoms with Gasteiger partial charge in [-0.05, 0) is 47.0 Å². The van der Waals surface area contributed by atoms with Crippen molar-refractivity contribution in [3.05, 3.63) is 22.2 Å². The number of rotatable bonds is 4. The summed E-state index contributed by atoms with van der Waals surface area (Å²) in [5, 5.41) is 5.69. The summed E-state index contributed by atoms with van der Waals surface area (Å²) in [7, 11) is 0. The maximum atomic E-state index is 11.7. The highest BCUT2D eigenvalue weighted by Crippen LogP contribution is 2.38. The molecule has 0 radical (unpaired) electrons. The fourth-order valence-corrected chi connectivity index (χ4v) is 2.43. The van der Waals surface area contributed by atoms with E-state index in [-0.39, 0.29) is 12.1 Å². The molecule has 1 aliphatic heterocycles. The number of nitrogens with one attached hydrogen (secondary N) is 2. The Morgan fingerprint density at radius 2 is 2.15 bits per heavy atom. The lowest BCUT2D eigenvalue weighted by atomic mass is 10.2. The first-order valence-electron chi connectivity index (χ1n) is 6.72. The summed E-state index contributed by atoms with van der Waals surface area (Å²) in [5.74, 6) is 1.44. The quantitative estimate of drug-likeness (QED) is 0.884. The van der Waals surface area contributed by atoms with Crippen molar-refractivity contribution in [3.8, 4) is 11.5 Å². The van der Waals surface area contributed by atoms with Crippen LogP contribution in [0.4, 0.5) is 4.79 Å². The van der Waals surface area contributed by atoms with Gasteiger partial charge in [0.2, 0.25) is 0 Å². The minimum Gasteiger partial charge on any atom is -0.486 e. The zero-order chi connectivity index (χ0) is 14.5. The molecule has 2 amide bonds. The first kappa shape index (κ1) is 15.0. The topological polar surface area (TPSA) is 59.6 Å². The van der Waals surface area contributed by atoms with Crippen LogP contribution in [0.1, 0.15) is 25.8 Å². The molecule has 0 spiro atoms. The normalized spacial score (nSPS) is 14.6. The Morgan fingerprint density at radius 1 is 1.40 bits per heavy atom. The van der Waals surface area contributed by atoms with E-state index in [2.05, 4.69) is 26.6 Å². The van der Waals surface area contributed by atoms with Crippen molar-refractivity contribution in [2.75, 3.05) is 13.2 Å². The third kappa shape index (κ3) is 3.79. The summed E-state index contributed by atoms with van der Waals surface area (Å²) in [5.41, 5.74) is 0.959. The van der Waals surface area contributed by atoms with Gasteiger partial charge in [0.05, 0.1) is 4.47 Å². The Balaban J connectivity index is 1.96. The minimum absolute atomic E-state index is 0.162. The molecule has 0 saturated carbocycles. The van der Waals surface area contributed by atoms with Crippen LogP contribution in [0, 0.1) is 0 Å². The van der Waals surface area contributed by atoms with E-state index < -0.39 is 0 Å². The van der Waals surface area contributed by atoms with E-state index >= 15 is 0 Å². The van der Waals surface area contributed by atoms with E-state index in [9.17, 15) is 4.79 Å². The molecular weight excluding hydrogens is 324 g/mol. The molecule has 1 heterocycles. The lowest BCUT2D eigenvalue weighted by Gasteiger charge is -2.20. The first-order chi connectivity index (χ1) is 9.60. The predicted molar refractivity (Wildman–Crippen MR) is 80.3 cm³/mol. The number of carbonyl (C=O) groups is 1. The number of carbonyl (C=O) groups excluding carboxylic acids is 1. The molecule has 1 atom stereocenters. The number of ether oxygens (including phenoxy) is 2. The molecule has 0 unspecified atom stereocenters. The zero-order valence-electron chi connectivity index (χ0n) is 11.7. The molecule has 5 nitrogen and oxygen atoms in total. The number of fused-ring (bicyclic) bond motifs is 1. The second-order valence-electron chi connectivity index (χ2n) is 4.74. The predicted octanol–water partition coefficient (Wildman–Crippen LogP) is 2.82. The van der Waals surface area contributed by atoms with Crippen LogP contribution in [0.15, 0.2) is 16.6 Å². The van der Waals surface area contributed by atoms with Gasteiger partial charge in [-0.25, -0.2) is 4.79 Å². The fourth-order valence-electron chi connectivity index (χ4n) is 1.83. The number of hydrogen-bond donors (Lipinski definition) is 2. The molecule has 1 aliphatic rings. The van der Waals surface area contributed by atoms with Gasteiger partial charge < -0.3 is 20.1 Å². The van der Waals surface area contributed by atoms with Crippen LogP contribution in [0.5, 0.6) is 11.5 Å². The third-order valence-corrected chi connectivity index (χ3v) is 3.69. The average Bonchev–Trinajstić information content (AvgIpc) is 2.45. The number of benzene rings is 1. The van der Waals surface area contributed by atoms with Gasteiger partial charge in [0.25, 0.3) is 0 Å². The van der Waals surface area contributed by atoms with Crippen molar-refractivity contribution in [1.82, 2.24) is 10.6 Å². The molecule has 0 aromatic heterocycles. The average molecular weight is 343 g/mol. The van der Waals surface area contributed by atoms with Crippen LogP contribution < -0.4 is 20.1 Å². The Kier molecular flexibility index (Phi) is 5.11. The molecule has 110 valence electrons. The van der Waals surface area contributed by atoms with Gasteiger partial charge in [0.1, 0.15) is 13.2 Å². The molecule has 0 aliphatic carbocycles. The van der Waals surface area contributed by atoms with Crippen molar-refractivity contribution in [2.45, 2.75) is 32.9 Å². The molecular formula is C14H19BrN2O3. The second kappa shape index (κ2) is 6.83. The first-order valence-corrected chi connectivity index (χ1v) is 7.51. The molecule has 1 aromatic rings. The highest BCUT2D eigenvalue weighted by Gasteiger charge is 2.16. The van der Waals surface area contributed by atoms with Gasteiger partial charge in [-0.2, -0.15) is 0 Å². The van der Waals surface area contributed by atoms with Crippen LogP contribution in [0.2, 0.25) is 0 Å². The summed E-state index contributed by atoms with van der Waals surface area (Å²) in [6.07, 6.45) is 0.906. The molecule has 0 saturated heterocycles. The molecule has 2 N–H and O–H groups in total. The Labute approximate surface area is 127 Å². The van der Waals surface area contributed by atoms with E-state index in [4.69, 9.17) is 9.47 Å². The van der Waals surface area contributed by atoms with Gasteiger partial charge in [-0.3, -0.25) is 0 Å². The second-order valence-corrected chi connectivity index (χ2v) is 5.59. The zero-order valence-corrected chi connectivity index (χ0v) is 13.2. The Hall–Kier alpha value is -1.43. The largest absolute Gasteiger partial charge is 0.486 e. The van der Waals surface area contributed by atoms with E-state index in [1.165, 1.54) is 0 Å². The summed E-state index contributed by atoms with van der Waals surface area (Å²) in [6.45, 7) is 5.55. The van der Waals surface area contributed by atoms with Crippen molar-refractivity contribution < 1.29 is 14.3 Å². The Bertz CT molecular complexity index is 494. The summed E-state index contributed by atoms with van der Waals surface area (Å²) in [6, 6.07) is 3.83. The maximum absolute atomic E-state index is 11.7. The van der Waals surface area contributed by atoms with Crippen molar-refractivity contribution >= 4 is 22.0 Å². The van der Waals surface area contributed by atoms with Gasteiger partial charge in [-0.1, -0.05) is 6.92 Å². The summed E-state index contributed by atoms with van der Waals surface area (Å²) < 4.78 is 11.9. The molecule has 0 bridgehead atoms. The molecule has 6 heteroatoms. The maximum Gasteiger partial charge on any atom is 0.315 e. The van der Waals surface area contributed by atoms with Crippen LogP contribution >= 0.6 is 15.9 Å². The highest BCUT2D eigenvalue weighted by molar-refractivity contribution is 9.10. The van der Waals surface area contributed by atoms with E-state index in [0.717, 1.165) is 22.2 Å². The highest BCUT2D eigenvalue weighted by atomic mass is 79.9. The molecule has 1 aromatic carbocycles. The summed E-state index contributed by atoms with van der Waals surface area (Å²) >= 11 is 3.46. The van der Waals surface area contributed by atoms with Crippen LogP contribution in [0.3, 0.4) is 0 Å². The van der Waals surface area contributed by atoms with Crippen molar-refractivity contribution in [3.63, 3.8) is 0 Å². The van der Waals surface area contributed by atoms with Crippen molar-refractivity contribution in [1.29, 1.82) is 0 Å².